The van der Waals surface area contributed by atoms with Crippen molar-refractivity contribution in [3.05, 3.63) is 12.2 Å². The minimum Gasteiger partial charge on any atom is -0.462 e. The van der Waals surface area contributed by atoms with Gasteiger partial charge in [-0.25, -0.2) is 4.79 Å². The van der Waals surface area contributed by atoms with Crippen LogP contribution in [0.2, 0.25) is 39.3 Å². The Morgan fingerprint density at radius 2 is 1.64 bits per heavy atom. The van der Waals surface area contributed by atoms with E-state index in [1.807, 2.05) is 0 Å². The summed E-state index contributed by atoms with van der Waals surface area (Å²) >= 11 is 0. The first kappa shape index (κ1) is 21.6. The fourth-order valence-corrected chi connectivity index (χ4v) is 3.65. The zero-order chi connectivity index (χ0) is 17.4. The van der Waals surface area contributed by atoms with Gasteiger partial charge in [0.05, 0.1) is 19.3 Å². The number of carbonyl (C=O) groups is 1. The van der Waals surface area contributed by atoms with Crippen LogP contribution in [0.3, 0.4) is 0 Å². The summed E-state index contributed by atoms with van der Waals surface area (Å²) in [5, 5.41) is 0. The molecule has 0 aromatic rings. The summed E-state index contributed by atoms with van der Waals surface area (Å²) in [6, 6.07) is 0. The van der Waals surface area contributed by atoms with Crippen LogP contribution >= 0.6 is 0 Å². The van der Waals surface area contributed by atoms with E-state index < -0.39 is 16.6 Å². The molecule has 0 aromatic heterocycles. The molecule has 0 rings (SSSR count). The van der Waals surface area contributed by atoms with Gasteiger partial charge in [-0.1, -0.05) is 6.58 Å². The summed E-state index contributed by atoms with van der Waals surface area (Å²) in [7, 11) is -3.10. The summed E-state index contributed by atoms with van der Waals surface area (Å²) in [4.78, 5) is 11.3. The molecule has 1 unspecified atom stereocenters. The quantitative estimate of drug-likeness (QED) is 0.241. The molecule has 0 aromatic carbocycles. The van der Waals surface area contributed by atoms with Crippen LogP contribution in [0.5, 0.6) is 0 Å². The standard InChI is InChI=1S/C16H34O4Si2/c1-14(2)16(17)18-12-10-9-11-15(20-22(6,7)8)13-19-21(3,4)5/h15H,1,9-13H2,2-8H3. The smallest absolute Gasteiger partial charge is 0.333 e. The maximum absolute atomic E-state index is 11.3. The molecule has 0 amide bonds. The van der Waals surface area contributed by atoms with E-state index in [1.165, 1.54) is 0 Å². The van der Waals surface area contributed by atoms with Gasteiger partial charge in [0.1, 0.15) is 0 Å². The van der Waals surface area contributed by atoms with Crippen molar-refractivity contribution in [3.8, 4) is 0 Å². The molecule has 0 saturated heterocycles. The van der Waals surface area contributed by atoms with Crippen molar-refractivity contribution in [1.82, 2.24) is 0 Å². The molecule has 0 aliphatic heterocycles. The van der Waals surface area contributed by atoms with Crippen molar-refractivity contribution in [1.29, 1.82) is 0 Å². The molecule has 0 saturated carbocycles. The monoisotopic (exact) mass is 346 g/mol. The Bertz CT molecular complexity index is 356. The average Bonchev–Trinajstić information content (AvgIpc) is 2.32. The normalized spacial score (nSPS) is 13.8. The molecule has 4 nitrogen and oxygen atoms in total. The summed E-state index contributed by atoms with van der Waals surface area (Å²) < 4.78 is 17.3. The maximum Gasteiger partial charge on any atom is 0.333 e. The van der Waals surface area contributed by atoms with Gasteiger partial charge >= 0.3 is 5.97 Å². The summed E-state index contributed by atoms with van der Waals surface area (Å²) in [5.74, 6) is -0.308. The minimum absolute atomic E-state index is 0.148. The molecular formula is C16H34O4Si2. The number of unbranched alkanes of at least 4 members (excludes halogenated alkanes) is 1. The Morgan fingerprint density at radius 3 is 2.09 bits per heavy atom. The van der Waals surface area contributed by atoms with Gasteiger partial charge in [0, 0.05) is 5.57 Å². The van der Waals surface area contributed by atoms with Crippen molar-refractivity contribution in [2.24, 2.45) is 0 Å². The van der Waals surface area contributed by atoms with Crippen LogP contribution in [0, 0.1) is 0 Å². The third-order valence-electron chi connectivity index (χ3n) is 2.72. The third kappa shape index (κ3) is 13.2. The summed E-state index contributed by atoms with van der Waals surface area (Å²) in [5.41, 5.74) is 0.448. The van der Waals surface area contributed by atoms with Crippen LogP contribution < -0.4 is 0 Å². The second kappa shape index (κ2) is 9.65. The molecule has 0 heterocycles. The van der Waals surface area contributed by atoms with Gasteiger partial charge in [-0.15, -0.1) is 0 Å². The van der Waals surface area contributed by atoms with Crippen LogP contribution in [0.25, 0.3) is 0 Å². The third-order valence-corrected chi connectivity index (χ3v) is 4.80. The van der Waals surface area contributed by atoms with E-state index in [0.717, 1.165) is 19.3 Å². The van der Waals surface area contributed by atoms with Crippen LogP contribution in [0.4, 0.5) is 0 Å². The highest BCUT2D eigenvalue weighted by atomic mass is 28.4. The summed E-state index contributed by atoms with van der Waals surface area (Å²) in [6.45, 7) is 19.5. The molecule has 0 fully saturated rings. The fraction of sp³-hybridized carbons (Fsp3) is 0.812. The van der Waals surface area contributed by atoms with Gasteiger partial charge in [-0.3, -0.25) is 0 Å². The van der Waals surface area contributed by atoms with Crippen LogP contribution in [-0.2, 0) is 18.4 Å². The predicted molar refractivity (Wildman–Crippen MR) is 97.1 cm³/mol. The highest BCUT2D eigenvalue weighted by Crippen LogP contribution is 2.15. The Hall–Kier alpha value is -0.436. The number of carbonyl (C=O) groups excluding carboxylic acids is 1. The summed E-state index contributed by atoms with van der Waals surface area (Å²) in [6.07, 6.45) is 2.90. The SMILES string of the molecule is C=C(C)C(=O)OCCCCC(CO[Si](C)(C)C)O[Si](C)(C)C. The number of hydrogen-bond acceptors (Lipinski definition) is 4. The number of hydrogen-bond donors (Lipinski definition) is 0. The largest absolute Gasteiger partial charge is 0.462 e. The molecule has 130 valence electrons. The Kier molecular flexibility index (Phi) is 9.46. The first-order valence-electron chi connectivity index (χ1n) is 8.05. The predicted octanol–water partition coefficient (Wildman–Crippen LogP) is 4.35. The highest BCUT2D eigenvalue weighted by molar-refractivity contribution is 6.70. The van der Waals surface area contributed by atoms with E-state index in [1.54, 1.807) is 6.92 Å². The molecule has 0 N–H and O–H groups in total. The molecule has 0 radical (unpaired) electrons. The first-order valence-corrected chi connectivity index (χ1v) is 14.9. The minimum atomic E-state index is -1.58. The van der Waals surface area contributed by atoms with E-state index in [-0.39, 0.29) is 12.1 Å². The van der Waals surface area contributed by atoms with Gasteiger partial charge in [0.15, 0.2) is 16.6 Å². The highest BCUT2D eigenvalue weighted by Gasteiger charge is 2.23. The zero-order valence-electron chi connectivity index (χ0n) is 15.5. The van der Waals surface area contributed by atoms with E-state index in [9.17, 15) is 4.79 Å². The lowest BCUT2D eigenvalue weighted by atomic mass is 10.2. The molecule has 0 bridgehead atoms. The molecule has 1 atom stereocenters. The van der Waals surface area contributed by atoms with E-state index >= 15 is 0 Å². The van der Waals surface area contributed by atoms with Crippen molar-refractivity contribution in [3.63, 3.8) is 0 Å². The van der Waals surface area contributed by atoms with Crippen molar-refractivity contribution in [2.45, 2.75) is 71.6 Å². The lowest BCUT2D eigenvalue weighted by Crippen LogP contribution is -2.38. The van der Waals surface area contributed by atoms with Crippen molar-refractivity contribution in [2.75, 3.05) is 13.2 Å². The lowest BCUT2D eigenvalue weighted by Gasteiger charge is -2.29. The molecule has 22 heavy (non-hydrogen) atoms. The number of esters is 1. The van der Waals surface area contributed by atoms with E-state index in [0.29, 0.717) is 18.8 Å². The van der Waals surface area contributed by atoms with Crippen LogP contribution in [-0.4, -0.2) is 41.9 Å². The van der Waals surface area contributed by atoms with Gasteiger partial charge in [-0.2, -0.15) is 0 Å². The topological polar surface area (TPSA) is 44.8 Å². The molecular weight excluding hydrogens is 312 g/mol. The molecule has 0 spiro atoms. The first-order chi connectivity index (χ1) is 9.91. The Balaban J connectivity index is 4.13. The average molecular weight is 347 g/mol. The Morgan fingerprint density at radius 1 is 1.05 bits per heavy atom. The second-order valence-electron chi connectivity index (χ2n) is 7.69. The van der Waals surface area contributed by atoms with Crippen LogP contribution in [0.1, 0.15) is 26.2 Å². The molecule has 0 aliphatic carbocycles. The molecule has 6 heteroatoms. The van der Waals surface area contributed by atoms with Crippen LogP contribution in [0.15, 0.2) is 12.2 Å². The lowest BCUT2D eigenvalue weighted by molar-refractivity contribution is -0.139. The Labute approximate surface area is 138 Å². The second-order valence-corrected chi connectivity index (χ2v) is 16.7. The van der Waals surface area contributed by atoms with Crippen molar-refractivity contribution >= 4 is 22.6 Å². The van der Waals surface area contributed by atoms with Gasteiger partial charge in [-0.05, 0) is 65.5 Å². The van der Waals surface area contributed by atoms with E-state index in [2.05, 4.69) is 45.9 Å². The number of ether oxygens (including phenoxy) is 1. The zero-order valence-corrected chi connectivity index (χ0v) is 17.5. The van der Waals surface area contributed by atoms with Gasteiger partial charge in [0.25, 0.3) is 0 Å². The molecule has 0 aliphatic rings. The maximum atomic E-state index is 11.3. The van der Waals surface area contributed by atoms with Gasteiger partial charge in [0.2, 0.25) is 0 Å². The van der Waals surface area contributed by atoms with Crippen molar-refractivity contribution < 1.29 is 18.4 Å². The van der Waals surface area contributed by atoms with E-state index in [4.69, 9.17) is 13.6 Å². The fourth-order valence-electron chi connectivity index (χ4n) is 1.78. The number of rotatable bonds is 11. The van der Waals surface area contributed by atoms with Gasteiger partial charge < -0.3 is 13.6 Å².